The molecule has 0 bridgehead atoms. The first-order valence-electron chi connectivity index (χ1n) is 5.69. The molecule has 20 heavy (non-hydrogen) atoms. The molecular weight excluding hydrogens is 306 g/mol. The van der Waals surface area contributed by atoms with Gasteiger partial charge in [0.25, 0.3) is 10.0 Å². The predicted molar refractivity (Wildman–Crippen MR) is 75.3 cm³/mol. The largest absolute Gasteiger partial charge is 0.396 e. The summed E-state index contributed by atoms with van der Waals surface area (Å²) < 4.78 is 52.8. The number of sulfonamides is 1. The van der Waals surface area contributed by atoms with Crippen molar-refractivity contribution in [3.63, 3.8) is 0 Å². The fourth-order valence-electron chi connectivity index (χ4n) is 1.53. The number of benzene rings is 1. The first kappa shape index (κ1) is 14.7. The second-order valence-electron chi connectivity index (χ2n) is 4.03. The van der Waals surface area contributed by atoms with Crippen LogP contribution < -0.4 is 10.5 Å². The van der Waals surface area contributed by atoms with Crippen LogP contribution in [0.25, 0.3) is 0 Å². The molecule has 0 aliphatic heterocycles. The molecule has 2 rings (SSSR count). The molecule has 0 aliphatic carbocycles. The molecule has 8 heteroatoms. The van der Waals surface area contributed by atoms with E-state index in [0.29, 0.717) is 12.5 Å². The van der Waals surface area contributed by atoms with E-state index in [2.05, 4.69) is 4.72 Å². The molecule has 0 aliphatic rings. The van der Waals surface area contributed by atoms with Crippen molar-refractivity contribution in [2.75, 3.05) is 10.5 Å². The third kappa shape index (κ3) is 2.91. The molecule has 1 heterocycles. The Hall–Kier alpha value is -1.67. The van der Waals surface area contributed by atoms with Crippen LogP contribution in [0.15, 0.2) is 28.5 Å². The van der Waals surface area contributed by atoms with Crippen LogP contribution in [-0.2, 0) is 16.4 Å². The monoisotopic (exact) mass is 318 g/mol. The SMILES string of the molecule is CCc1ccc(S(=O)(=O)Nc2cc(N)c(F)cc2F)s1. The van der Waals surface area contributed by atoms with Gasteiger partial charge in [-0.05, 0) is 24.6 Å². The second-order valence-corrected chi connectivity index (χ2v) is 7.11. The van der Waals surface area contributed by atoms with Crippen molar-refractivity contribution in [1.29, 1.82) is 0 Å². The molecule has 0 spiro atoms. The highest BCUT2D eigenvalue weighted by atomic mass is 32.2. The van der Waals surface area contributed by atoms with Gasteiger partial charge in [0.05, 0.1) is 11.4 Å². The molecule has 0 saturated heterocycles. The molecule has 0 amide bonds. The lowest BCUT2D eigenvalue weighted by Crippen LogP contribution is -2.13. The van der Waals surface area contributed by atoms with Crippen LogP contribution in [0.2, 0.25) is 0 Å². The minimum absolute atomic E-state index is 0.0663. The van der Waals surface area contributed by atoms with E-state index in [1.54, 1.807) is 6.07 Å². The molecule has 0 saturated carbocycles. The number of hydrogen-bond donors (Lipinski definition) is 2. The summed E-state index contributed by atoms with van der Waals surface area (Å²) in [4.78, 5) is 0.893. The van der Waals surface area contributed by atoms with E-state index in [9.17, 15) is 17.2 Å². The Bertz CT molecular complexity index is 742. The Morgan fingerprint density at radius 3 is 2.55 bits per heavy atom. The van der Waals surface area contributed by atoms with Crippen LogP contribution >= 0.6 is 11.3 Å². The summed E-state index contributed by atoms with van der Waals surface area (Å²) in [7, 11) is -3.90. The average Bonchev–Trinajstić information content (AvgIpc) is 2.85. The van der Waals surface area contributed by atoms with Crippen molar-refractivity contribution < 1.29 is 17.2 Å². The van der Waals surface area contributed by atoms with Crippen LogP contribution in [0.3, 0.4) is 0 Å². The van der Waals surface area contributed by atoms with Crippen molar-refractivity contribution in [3.8, 4) is 0 Å². The van der Waals surface area contributed by atoms with E-state index in [0.717, 1.165) is 22.3 Å². The molecule has 1 aromatic heterocycles. The summed E-state index contributed by atoms with van der Waals surface area (Å²) in [6.07, 6.45) is 0.706. The van der Waals surface area contributed by atoms with Crippen LogP contribution in [0, 0.1) is 11.6 Å². The van der Waals surface area contributed by atoms with Crippen molar-refractivity contribution in [1.82, 2.24) is 0 Å². The zero-order valence-corrected chi connectivity index (χ0v) is 12.1. The maximum atomic E-state index is 13.5. The maximum absolute atomic E-state index is 13.5. The van der Waals surface area contributed by atoms with E-state index >= 15 is 0 Å². The number of halogens is 2. The highest BCUT2D eigenvalue weighted by Gasteiger charge is 2.19. The molecule has 108 valence electrons. The summed E-state index contributed by atoms with van der Waals surface area (Å²) in [6.45, 7) is 1.90. The van der Waals surface area contributed by atoms with Gasteiger partial charge >= 0.3 is 0 Å². The smallest absolute Gasteiger partial charge is 0.271 e. The minimum atomic E-state index is -3.90. The average molecular weight is 318 g/mol. The molecule has 3 N–H and O–H groups in total. The Balaban J connectivity index is 2.35. The number of hydrogen-bond acceptors (Lipinski definition) is 4. The van der Waals surface area contributed by atoms with Gasteiger partial charge in [-0.25, -0.2) is 17.2 Å². The first-order chi connectivity index (χ1) is 9.33. The minimum Gasteiger partial charge on any atom is -0.396 e. The molecule has 4 nitrogen and oxygen atoms in total. The van der Waals surface area contributed by atoms with Gasteiger partial charge in [0.1, 0.15) is 15.8 Å². The summed E-state index contributed by atoms with van der Waals surface area (Å²) in [5.74, 6) is -1.96. The van der Waals surface area contributed by atoms with Crippen molar-refractivity contribution >= 4 is 32.7 Å². The van der Waals surface area contributed by atoms with E-state index in [-0.39, 0.29) is 15.6 Å². The fourth-order valence-corrected chi connectivity index (χ4v) is 3.89. The Kier molecular flexibility index (Phi) is 3.96. The van der Waals surface area contributed by atoms with E-state index < -0.39 is 21.7 Å². The van der Waals surface area contributed by atoms with Gasteiger partial charge in [-0.3, -0.25) is 4.72 Å². The van der Waals surface area contributed by atoms with Crippen LogP contribution in [0.4, 0.5) is 20.2 Å². The quantitative estimate of drug-likeness (QED) is 0.851. The zero-order valence-electron chi connectivity index (χ0n) is 10.5. The highest BCUT2D eigenvalue weighted by molar-refractivity contribution is 7.94. The van der Waals surface area contributed by atoms with Gasteiger partial charge < -0.3 is 5.73 Å². The molecule has 0 fully saturated rings. The molecular formula is C12H12F2N2O2S2. The summed E-state index contributed by atoms with van der Waals surface area (Å²) in [6, 6.07) is 4.58. The summed E-state index contributed by atoms with van der Waals surface area (Å²) in [5, 5.41) is 0. The third-order valence-corrected chi connectivity index (χ3v) is 5.67. The lowest BCUT2D eigenvalue weighted by molar-refractivity contribution is 0.585. The van der Waals surface area contributed by atoms with Gasteiger partial charge in [-0.15, -0.1) is 11.3 Å². The van der Waals surface area contributed by atoms with Crippen LogP contribution in [-0.4, -0.2) is 8.42 Å². The third-order valence-electron chi connectivity index (χ3n) is 2.58. The zero-order chi connectivity index (χ0) is 14.9. The number of rotatable bonds is 4. The molecule has 0 unspecified atom stereocenters. The van der Waals surface area contributed by atoms with Gasteiger partial charge in [0.15, 0.2) is 0 Å². The van der Waals surface area contributed by atoms with Gasteiger partial charge in [0, 0.05) is 10.9 Å². The number of nitrogens with two attached hydrogens (primary N) is 1. The maximum Gasteiger partial charge on any atom is 0.271 e. The van der Waals surface area contributed by atoms with Gasteiger partial charge in [-0.2, -0.15) is 0 Å². The second kappa shape index (κ2) is 5.37. The predicted octanol–water partition coefficient (Wildman–Crippen LogP) is 2.97. The Labute approximate surface area is 119 Å². The summed E-state index contributed by atoms with van der Waals surface area (Å²) >= 11 is 1.09. The highest BCUT2D eigenvalue weighted by Crippen LogP contribution is 2.27. The Morgan fingerprint density at radius 2 is 1.95 bits per heavy atom. The number of anilines is 2. The van der Waals surface area contributed by atoms with E-state index in [1.807, 2.05) is 6.92 Å². The number of aryl methyl sites for hydroxylation is 1. The van der Waals surface area contributed by atoms with Gasteiger partial charge in [0.2, 0.25) is 0 Å². The van der Waals surface area contributed by atoms with Gasteiger partial charge in [-0.1, -0.05) is 6.92 Å². The standard InChI is InChI=1S/C12H12F2N2O2S2/c1-2-7-3-4-12(19-7)20(17,18)16-11-6-10(15)8(13)5-9(11)14/h3-6,16H,2,15H2,1H3. The fraction of sp³-hybridized carbons (Fsp3) is 0.167. The first-order valence-corrected chi connectivity index (χ1v) is 7.99. The van der Waals surface area contributed by atoms with Crippen LogP contribution in [0.1, 0.15) is 11.8 Å². The number of nitrogen functional groups attached to an aromatic ring is 1. The molecule has 1 aromatic carbocycles. The van der Waals surface area contributed by atoms with E-state index in [4.69, 9.17) is 5.73 Å². The molecule has 0 radical (unpaired) electrons. The normalized spacial score (nSPS) is 11.6. The van der Waals surface area contributed by atoms with E-state index in [1.165, 1.54) is 6.07 Å². The van der Waals surface area contributed by atoms with Crippen LogP contribution in [0.5, 0.6) is 0 Å². The lowest BCUT2D eigenvalue weighted by atomic mass is 10.2. The number of thiophene rings is 1. The molecule has 0 atom stereocenters. The lowest BCUT2D eigenvalue weighted by Gasteiger charge is -2.08. The van der Waals surface area contributed by atoms with Crippen molar-refractivity contribution in [2.45, 2.75) is 17.6 Å². The van der Waals surface area contributed by atoms with Crippen molar-refractivity contribution in [2.24, 2.45) is 0 Å². The Morgan fingerprint density at radius 1 is 1.25 bits per heavy atom. The topological polar surface area (TPSA) is 72.2 Å². The summed E-state index contributed by atoms with van der Waals surface area (Å²) in [5.41, 5.74) is 4.59. The van der Waals surface area contributed by atoms with Crippen molar-refractivity contribution in [3.05, 3.63) is 40.8 Å². The molecule has 2 aromatic rings. The number of nitrogens with one attached hydrogen (secondary N) is 1.